The third-order valence-corrected chi connectivity index (χ3v) is 4.14. The van der Waals surface area contributed by atoms with Gasteiger partial charge in [0.25, 0.3) is 0 Å². The first-order valence-corrected chi connectivity index (χ1v) is 6.92. The first-order chi connectivity index (χ1) is 9.29. The minimum Gasteiger partial charge on any atom is -0.507 e. The van der Waals surface area contributed by atoms with Crippen molar-refractivity contribution in [2.75, 3.05) is 19.7 Å². The lowest BCUT2D eigenvalue weighted by Gasteiger charge is -2.22. The van der Waals surface area contributed by atoms with Crippen LogP contribution in [0.1, 0.15) is 18.4 Å². The molecule has 0 radical (unpaired) electrons. The van der Waals surface area contributed by atoms with E-state index in [0.717, 1.165) is 42.4 Å². The summed E-state index contributed by atoms with van der Waals surface area (Å²) >= 11 is 0. The molecule has 1 fully saturated rings. The van der Waals surface area contributed by atoms with Gasteiger partial charge >= 0.3 is 0 Å². The molecule has 1 aliphatic heterocycles. The topological polar surface area (TPSA) is 59.5 Å². The second kappa shape index (κ2) is 5.23. The quantitative estimate of drug-likeness (QED) is 0.786. The predicted molar refractivity (Wildman–Crippen MR) is 75.3 cm³/mol. The van der Waals surface area contributed by atoms with Crippen LogP contribution in [0.15, 0.2) is 24.4 Å². The average Bonchev–Trinajstić information content (AvgIpc) is 3.03. The number of H-pyrrole nitrogens is 1. The van der Waals surface area contributed by atoms with E-state index in [1.54, 1.807) is 6.07 Å². The molecule has 1 atom stereocenters. The highest BCUT2D eigenvalue weighted by atomic mass is 16.3. The van der Waals surface area contributed by atoms with Gasteiger partial charge in [0.1, 0.15) is 5.75 Å². The lowest BCUT2D eigenvalue weighted by Crippen LogP contribution is -2.33. The highest BCUT2D eigenvalue weighted by Crippen LogP contribution is 2.28. The minimum absolute atomic E-state index is 0.249. The second-order valence-corrected chi connectivity index (χ2v) is 5.28. The standard InChI is InChI=1S/C15H20N2O2/c18-10-12-3-2-7-17(12)8-6-11-9-16-13-4-1-5-14(19)15(11)13/h1,4-5,9,12,16,18-19H,2-3,6-8,10H2. The van der Waals surface area contributed by atoms with E-state index < -0.39 is 0 Å². The van der Waals surface area contributed by atoms with Crippen molar-refractivity contribution in [2.45, 2.75) is 25.3 Å². The summed E-state index contributed by atoms with van der Waals surface area (Å²) in [6, 6.07) is 5.87. The molecular weight excluding hydrogens is 240 g/mol. The normalized spacial score (nSPS) is 20.4. The van der Waals surface area contributed by atoms with Gasteiger partial charge in [0.2, 0.25) is 0 Å². The van der Waals surface area contributed by atoms with E-state index in [2.05, 4.69) is 9.88 Å². The molecule has 1 aromatic carbocycles. The van der Waals surface area contributed by atoms with Gasteiger partial charge in [-0.2, -0.15) is 0 Å². The van der Waals surface area contributed by atoms with Crippen molar-refractivity contribution < 1.29 is 10.2 Å². The van der Waals surface area contributed by atoms with E-state index in [9.17, 15) is 10.2 Å². The number of aromatic hydroxyl groups is 1. The number of aliphatic hydroxyl groups excluding tert-OH is 1. The summed E-state index contributed by atoms with van der Waals surface area (Å²) in [5.41, 5.74) is 2.13. The zero-order chi connectivity index (χ0) is 13.2. The maximum atomic E-state index is 9.96. The maximum absolute atomic E-state index is 9.96. The SMILES string of the molecule is OCC1CCCN1CCc1c[nH]c2cccc(O)c12. The number of aromatic amines is 1. The number of aliphatic hydroxyl groups is 1. The molecule has 0 amide bonds. The Bertz CT molecular complexity index is 564. The van der Waals surface area contributed by atoms with E-state index in [1.165, 1.54) is 6.42 Å². The lowest BCUT2D eigenvalue weighted by atomic mass is 10.1. The predicted octanol–water partition coefficient (Wildman–Crippen LogP) is 1.87. The van der Waals surface area contributed by atoms with Gasteiger partial charge in [0, 0.05) is 29.7 Å². The monoisotopic (exact) mass is 260 g/mol. The van der Waals surface area contributed by atoms with Crippen LogP contribution in [0.2, 0.25) is 0 Å². The molecule has 0 bridgehead atoms. The van der Waals surface area contributed by atoms with Crippen LogP contribution in [0.3, 0.4) is 0 Å². The molecule has 2 heterocycles. The Balaban J connectivity index is 1.75. The summed E-state index contributed by atoms with van der Waals surface area (Å²) in [7, 11) is 0. The van der Waals surface area contributed by atoms with Gasteiger partial charge < -0.3 is 15.2 Å². The zero-order valence-electron chi connectivity index (χ0n) is 11.0. The van der Waals surface area contributed by atoms with Crippen LogP contribution in [-0.4, -0.2) is 45.8 Å². The van der Waals surface area contributed by atoms with Gasteiger partial charge in [-0.15, -0.1) is 0 Å². The number of nitrogens with zero attached hydrogens (tertiary/aromatic N) is 1. The van der Waals surface area contributed by atoms with Gasteiger partial charge in [0.05, 0.1) is 6.61 Å². The molecule has 1 aromatic heterocycles. The Kier molecular flexibility index (Phi) is 3.44. The van der Waals surface area contributed by atoms with Crippen LogP contribution in [0.5, 0.6) is 5.75 Å². The van der Waals surface area contributed by atoms with Crippen molar-refractivity contribution in [3.63, 3.8) is 0 Å². The first-order valence-electron chi connectivity index (χ1n) is 6.92. The number of aromatic nitrogens is 1. The molecule has 2 aromatic rings. The van der Waals surface area contributed by atoms with E-state index >= 15 is 0 Å². The van der Waals surface area contributed by atoms with Crippen molar-refractivity contribution in [3.8, 4) is 5.75 Å². The third-order valence-electron chi connectivity index (χ3n) is 4.14. The summed E-state index contributed by atoms with van der Waals surface area (Å²) in [6.45, 7) is 2.26. The molecule has 0 aliphatic carbocycles. The van der Waals surface area contributed by atoms with Crippen molar-refractivity contribution in [1.82, 2.24) is 9.88 Å². The summed E-state index contributed by atoms with van der Waals surface area (Å²) < 4.78 is 0. The van der Waals surface area contributed by atoms with E-state index in [0.29, 0.717) is 11.8 Å². The number of fused-ring (bicyclic) bond motifs is 1. The average molecular weight is 260 g/mol. The Labute approximate surface area is 112 Å². The fraction of sp³-hybridized carbons (Fsp3) is 0.467. The second-order valence-electron chi connectivity index (χ2n) is 5.28. The van der Waals surface area contributed by atoms with Crippen LogP contribution in [0.25, 0.3) is 10.9 Å². The number of hydrogen-bond donors (Lipinski definition) is 3. The number of phenolic OH excluding ortho intramolecular Hbond substituents is 1. The Hall–Kier alpha value is -1.52. The summed E-state index contributed by atoms with van der Waals surface area (Å²) in [6.07, 6.45) is 5.14. The Morgan fingerprint density at radius 3 is 3.11 bits per heavy atom. The number of benzene rings is 1. The van der Waals surface area contributed by atoms with E-state index in [-0.39, 0.29) is 6.61 Å². The lowest BCUT2D eigenvalue weighted by molar-refractivity contribution is 0.160. The Morgan fingerprint density at radius 1 is 1.37 bits per heavy atom. The molecule has 4 heteroatoms. The smallest absolute Gasteiger partial charge is 0.125 e. The molecule has 4 nitrogen and oxygen atoms in total. The number of likely N-dealkylation sites (tertiary alicyclic amines) is 1. The molecule has 19 heavy (non-hydrogen) atoms. The van der Waals surface area contributed by atoms with Crippen LogP contribution in [-0.2, 0) is 6.42 Å². The summed E-state index contributed by atoms with van der Waals surface area (Å²) in [5, 5.41) is 20.2. The highest BCUT2D eigenvalue weighted by Gasteiger charge is 2.23. The highest BCUT2D eigenvalue weighted by molar-refractivity contribution is 5.88. The first kappa shape index (κ1) is 12.5. The fourth-order valence-electron chi connectivity index (χ4n) is 3.09. The largest absolute Gasteiger partial charge is 0.507 e. The molecule has 1 saturated heterocycles. The van der Waals surface area contributed by atoms with Crippen molar-refractivity contribution >= 4 is 10.9 Å². The number of phenols is 1. The molecule has 0 saturated carbocycles. The minimum atomic E-state index is 0.249. The molecular formula is C15H20N2O2. The number of hydrogen-bond acceptors (Lipinski definition) is 3. The van der Waals surface area contributed by atoms with Crippen LogP contribution in [0, 0.1) is 0 Å². The van der Waals surface area contributed by atoms with Crippen LogP contribution < -0.4 is 0 Å². The summed E-state index contributed by atoms with van der Waals surface area (Å²) in [4.78, 5) is 5.55. The van der Waals surface area contributed by atoms with Gasteiger partial charge in [-0.1, -0.05) is 6.07 Å². The number of rotatable bonds is 4. The molecule has 3 rings (SSSR count). The third kappa shape index (κ3) is 2.33. The molecule has 0 spiro atoms. The van der Waals surface area contributed by atoms with E-state index in [1.807, 2.05) is 18.3 Å². The summed E-state index contributed by atoms with van der Waals surface area (Å²) in [5.74, 6) is 0.342. The van der Waals surface area contributed by atoms with Gasteiger partial charge in [-0.25, -0.2) is 0 Å². The Morgan fingerprint density at radius 2 is 2.26 bits per heavy atom. The fourth-order valence-corrected chi connectivity index (χ4v) is 3.09. The zero-order valence-corrected chi connectivity index (χ0v) is 11.0. The number of nitrogens with one attached hydrogen (secondary N) is 1. The van der Waals surface area contributed by atoms with Crippen LogP contribution in [0.4, 0.5) is 0 Å². The van der Waals surface area contributed by atoms with Crippen molar-refractivity contribution in [2.24, 2.45) is 0 Å². The molecule has 3 N–H and O–H groups in total. The van der Waals surface area contributed by atoms with Gasteiger partial charge in [0.15, 0.2) is 0 Å². The van der Waals surface area contributed by atoms with E-state index in [4.69, 9.17) is 0 Å². The van der Waals surface area contributed by atoms with Gasteiger partial charge in [-0.05, 0) is 43.5 Å². The van der Waals surface area contributed by atoms with Crippen molar-refractivity contribution in [3.05, 3.63) is 30.0 Å². The molecule has 1 unspecified atom stereocenters. The molecule has 102 valence electrons. The molecule has 1 aliphatic rings. The maximum Gasteiger partial charge on any atom is 0.125 e. The van der Waals surface area contributed by atoms with Gasteiger partial charge in [-0.3, -0.25) is 4.90 Å². The van der Waals surface area contributed by atoms with Crippen molar-refractivity contribution in [1.29, 1.82) is 0 Å². The van der Waals surface area contributed by atoms with Crippen LogP contribution >= 0.6 is 0 Å².